The number of hydrogen-bond acceptors (Lipinski definition) is 4. The maximum Gasteiger partial charge on any atom is 0.263 e. The molecule has 0 saturated heterocycles. The summed E-state index contributed by atoms with van der Waals surface area (Å²) in [5, 5.41) is 12.1. The number of nitriles is 1. The molecule has 1 amide bonds. The van der Waals surface area contributed by atoms with Gasteiger partial charge < -0.3 is 15.0 Å². The summed E-state index contributed by atoms with van der Waals surface area (Å²) in [4.78, 5) is 14.1. The van der Waals surface area contributed by atoms with E-state index in [2.05, 4.69) is 12.2 Å². The van der Waals surface area contributed by atoms with Crippen molar-refractivity contribution in [2.24, 2.45) is 0 Å². The van der Waals surface area contributed by atoms with E-state index in [1.807, 2.05) is 49.1 Å². The predicted octanol–water partition coefficient (Wildman–Crippen LogP) is 3.55. The Balaban J connectivity index is 2.56. The second-order valence-corrected chi connectivity index (χ2v) is 5.85. The number of aryl methyl sites for hydroxylation is 1. The highest BCUT2D eigenvalue weighted by molar-refractivity contribution is 5.97. The first-order chi connectivity index (χ1) is 12.1. The molecule has 0 aliphatic carbocycles. The fourth-order valence-electron chi connectivity index (χ4n) is 2.27. The smallest absolute Gasteiger partial charge is 0.263 e. The van der Waals surface area contributed by atoms with E-state index in [4.69, 9.17) is 4.74 Å². The number of anilines is 1. The van der Waals surface area contributed by atoms with Gasteiger partial charge in [0.25, 0.3) is 5.91 Å². The zero-order valence-electron chi connectivity index (χ0n) is 15.5. The van der Waals surface area contributed by atoms with Crippen molar-refractivity contribution >= 4 is 11.6 Å². The molecular weight excluding hydrogens is 314 g/mol. The van der Waals surface area contributed by atoms with Gasteiger partial charge in [-0.05, 0) is 44.4 Å². The quantitative estimate of drug-likeness (QED) is 0.379. The van der Waals surface area contributed by atoms with Crippen molar-refractivity contribution in [1.82, 2.24) is 5.32 Å². The molecule has 1 aromatic carbocycles. The van der Waals surface area contributed by atoms with E-state index in [0.29, 0.717) is 19.7 Å². The van der Waals surface area contributed by atoms with Gasteiger partial charge in [-0.1, -0.05) is 25.5 Å². The van der Waals surface area contributed by atoms with Crippen molar-refractivity contribution in [3.8, 4) is 6.07 Å². The SMILES string of the molecule is CCCCOCCCNC(=O)/C(C#N)=C\N(CC)c1cccc(C)c1. The molecule has 0 unspecified atom stereocenters. The van der Waals surface area contributed by atoms with E-state index in [-0.39, 0.29) is 11.5 Å². The van der Waals surface area contributed by atoms with Crippen LogP contribution >= 0.6 is 0 Å². The van der Waals surface area contributed by atoms with Crippen molar-refractivity contribution in [1.29, 1.82) is 5.26 Å². The van der Waals surface area contributed by atoms with Crippen molar-refractivity contribution in [3.63, 3.8) is 0 Å². The highest BCUT2D eigenvalue weighted by atomic mass is 16.5. The van der Waals surface area contributed by atoms with Crippen LogP contribution in [0.3, 0.4) is 0 Å². The second kappa shape index (κ2) is 12.1. The molecule has 0 radical (unpaired) electrons. The summed E-state index contributed by atoms with van der Waals surface area (Å²) >= 11 is 0. The van der Waals surface area contributed by atoms with Crippen molar-refractivity contribution in [2.75, 3.05) is 31.2 Å². The molecular formula is C20H29N3O2. The maximum absolute atomic E-state index is 12.2. The Labute approximate surface area is 151 Å². The van der Waals surface area contributed by atoms with Crippen LogP contribution in [-0.4, -0.2) is 32.2 Å². The van der Waals surface area contributed by atoms with Crippen molar-refractivity contribution in [2.45, 2.75) is 40.0 Å². The summed E-state index contributed by atoms with van der Waals surface area (Å²) in [6.45, 7) is 8.68. The Kier molecular flexibility index (Phi) is 10.0. The summed E-state index contributed by atoms with van der Waals surface area (Å²) in [6.07, 6.45) is 4.52. The minimum Gasteiger partial charge on any atom is -0.381 e. The van der Waals surface area contributed by atoms with Gasteiger partial charge in [-0.15, -0.1) is 0 Å². The Morgan fingerprint density at radius 2 is 2.08 bits per heavy atom. The van der Waals surface area contributed by atoms with Crippen LogP contribution in [0.5, 0.6) is 0 Å². The Morgan fingerprint density at radius 1 is 1.32 bits per heavy atom. The van der Waals surface area contributed by atoms with Gasteiger partial charge in [-0.2, -0.15) is 5.26 Å². The van der Waals surface area contributed by atoms with Crippen LogP contribution in [0.4, 0.5) is 5.69 Å². The molecule has 0 atom stereocenters. The molecule has 136 valence electrons. The summed E-state index contributed by atoms with van der Waals surface area (Å²) < 4.78 is 5.45. The number of rotatable bonds is 11. The minimum atomic E-state index is -0.345. The average molecular weight is 343 g/mol. The molecule has 1 aromatic rings. The second-order valence-electron chi connectivity index (χ2n) is 5.85. The normalized spacial score (nSPS) is 11.0. The van der Waals surface area contributed by atoms with Gasteiger partial charge in [0.2, 0.25) is 0 Å². The van der Waals surface area contributed by atoms with Crippen LogP contribution in [0, 0.1) is 18.3 Å². The fourth-order valence-corrected chi connectivity index (χ4v) is 2.27. The zero-order chi connectivity index (χ0) is 18.5. The lowest BCUT2D eigenvalue weighted by atomic mass is 10.2. The third kappa shape index (κ3) is 7.86. The van der Waals surface area contributed by atoms with Crippen LogP contribution in [0.2, 0.25) is 0 Å². The van der Waals surface area contributed by atoms with E-state index in [9.17, 15) is 10.1 Å². The molecule has 0 bridgehead atoms. The summed E-state index contributed by atoms with van der Waals surface area (Å²) in [5.74, 6) is -0.345. The molecule has 0 saturated carbocycles. The van der Waals surface area contributed by atoms with Gasteiger partial charge in [0.1, 0.15) is 11.6 Å². The number of nitrogens with one attached hydrogen (secondary N) is 1. The molecule has 0 spiro atoms. The standard InChI is InChI=1S/C20H29N3O2/c1-4-6-12-25-13-8-11-22-20(24)18(15-21)16-23(5-2)19-10-7-9-17(3)14-19/h7,9-10,14,16H,4-6,8,11-13H2,1-3H3,(H,22,24)/b18-16-. The molecule has 1 rings (SSSR count). The number of ether oxygens (including phenoxy) is 1. The maximum atomic E-state index is 12.2. The van der Waals surface area contributed by atoms with Crippen LogP contribution in [0.25, 0.3) is 0 Å². The first-order valence-electron chi connectivity index (χ1n) is 8.93. The van der Waals surface area contributed by atoms with E-state index in [0.717, 1.165) is 37.1 Å². The van der Waals surface area contributed by atoms with Gasteiger partial charge in [0.05, 0.1) is 0 Å². The molecule has 25 heavy (non-hydrogen) atoms. The molecule has 0 fully saturated rings. The number of amides is 1. The molecule has 0 heterocycles. The Hall–Kier alpha value is -2.32. The fraction of sp³-hybridized carbons (Fsp3) is 0.500. The number of carbonyl (C=O) groups excluding carboxylic acids is 1. The van der Waals surface area contributed by atoms with Crippen LogP contribution in [0.15, 0.2) is 36.0 Å². The summed E-state index contributed by atoms with van der Waals surface area (Å²) in [5.41, 5.74) is 2.21. The highest BCUT2D eigenvalue weighted by Gasteiger charge is 2.11. The third-order valence-electron chi connectivity index (χ3n) is 3.72. The lowest BCUT2D eigenvalue weighted by Gasteiger charge is -2.19. The van der Waals surface area contributed by atoms with Gasteiger partial charge in [0.15, 0.2) is 0 Å². The van der Waals surface area contributed by atoms with E-state index in [1.165, 1.54) is 0 Å². The lowest BCUT2D eigenvalue weighted by Crippen LogP contribution is -2.28. The first-order valence-corrected chi connectivity index (χ1v) is 8.93. The molecule has 1 N–H and O–H groups in total. The van der Waals surface area contributed by atoms with Crippen LogP contribution in [0.1, 0.15) is 38.7 Å². The topological polar surface area (TPSA) is 65.4 Å². The minimum absolute atomic E-state index is 0.107. The molecule has 0 aliphatic heterocycles. The number of benzene rings is 1. The number of nitrogens with zero attached hydrogens (tertiary/aromatic N) is 2. The third-order valence-corrected chi connectivity index (χ3v) is 3.72. The van der Waals surface area contributed by atoms with Crippen molar-refractivity contribution in [3.05, 3.63) is 41.6 Å². The largest absolute Gasteiger partial charge is 0.381 e. The average Bonchev–Trinajstić information content (AvgIpc) is 2.61. The van der Waals surface area contributed by atoms with E-state index >= 15 is 0 Å². The molecule has 5 heteroatoms. The van der Waals surface area contributed by atoms with Crippen LogP contribution < -0.4 is 10.2 Å². The zero-order valence-corrected chi connectivity index (χ0v) is 15.5. The van der Waals surface area contributed by atoms with E-state index < -0.39 is 0 Å². The number of unbranched alkanes of at least 4 members (excludes halogenated alkanes) is 1. The van der Waals surface area contributed by atoms with Gasteiger partial charge in [-0.25, -0.2) is 0 Å². The number of hydrogen-bond donors (Lipinski definition) is 1. The molecule has 0 aromatic heterocycles. The van der Waals surface area contributed by atoms with Crippen molar-refractivity contribution < 1.29 is 9.53 Å². The summed E-state index contributed by atoms with van der Waals surface area (Å²) in [6, 6.07) is 9.97. The van der Waals surface area contributed by atoms with Crippen LogP contribution in [-0.2, 0) is 9.53 Å². The Morgan fingerprint density at radius 3 is 2.72 bits per heavy atom. The van der Waals surface area contributed by atoms with E-state index in [1.54, 1.807) is 6.20 Å². The first kappa shape index (κ1) is 20.7. The molecule has 5 nitrogen and oxygen atoms in total. The van der Waals surface area contributed by atoms with Gasteiger partial charge >= 0.3 is 0 Å². The van der Waals surface area contributed by atoms with Gasteiger partial charge in [0, 0.05) is 38.2 Å². The number of carbonyl (C=O) groups is 1. The highest BCUT2D eigenvalue weighted by Crippen LogP contribution is 2.17. The monoisotopic (exact) mass is 343 g/mol. The Bertz CT molecular complexity index is 605. The van der Waals surface area contributed by atoms with Gasteiger partial charge in [-0.3, -0.25) is 4.79 Å². The lowest BCUT2D eigenvalue weighted by molar-refractivity contribution is -0.117. The summed E-state index contributed by atoms with van der Waals surface area (Å²) in [7, 11) is 0. The predicted molar refractivity (Wildman–Crippen MR) is 101 cm³/mol. The molecule has 0 aliphatic rings.